The predicted molar refractivity (Wildman–Crippen MR) is 72.8 cm³/mol. The number of halogens is 3. The van der Waals surface area contributed by atoms with Crippen molar-refractivity contribution in [1.82, 2.24) is 5.32 Å². The normalized spacial score (nSPS) is 17.4. The highest BCUT2D eigenvalue weighted by molar-refractivity contribution is 5.27. The van der Waals surface area contributed by atoms with E-state index in [2.05, 4.69) is 11.4 Å². The van der Waals surface area contributed by atoms with E-state index in [1.54, 1.807) is 0 Å². The largest absolute Gasteiger partial charge is 0.416 e. The van der Waals surface area contributed by atoms with Crippen molar-refractivity contribution in [3.05, 3.63) is 47.0 Å². The molecule has 0 bridgehead atoms. The third kappa shape index (κ3) is 4.84. The highest BCUT2D eigenvalue weighted by Crippen LogP contribution is 2.30. The van der Waals surface area contributed by atoms with E-state index in [0.29, 0.717) is 13.2 Å². The lowest BCUT2D eigenvalue weighted by molar-refractivity contribution is -0.137. The molecule has 1 aliphatic rings. The van der Waals surface area contributed by atoms with E-state index >= 15 is 0 Å². The molecule has 116 valence electrons. The van der Waals surface area contributed by atoms with Crippen LogP contribution >= 0.6 is 0 Å². The van der Waals surface area contributed by atoms with Gasteiger partial charge in [-0.15, -0.1) is 0 Å². The molecular formula is C15H18F3NO2. The van der Waals surface area contributed by atoms with Crippen molar-refractivity contribution in [3.8, 4) is 0 Å². The molecule has 6 heteroatoms. The molecule has 0 aliphatic carbocycles. The molecule has 1 aliphatic heterocycles. The predicted octanol–water partition coefficient (Wildman–Crippen LogP) is 2.68. The fraction of sp³-hybridized carbons (Fsp3) is 0.467. The minimum Gasteiger partial charge on any atom is -0.387 e. The standard InChI is InChI=1S/C15H18F3NO2/c16-15(17,18)13-5-1-4-12(7-13)14(20)9-19-8-11-3-2-6-21-10-11/h1,3-5,7,14,19-20H,2,6,8-10H2. The molecule has 2 N–H and O–H groups in total. The number of hydrogen-bond donors (Lipinski definition) is 2. The molecule has 0 fully saturated rings. The molecular weight excluding hydrogens is 283 g/mol. The molecule has 0 aromatic heterocycles. The SMILES string of the molecule is OC(CNCC1=CCCOC1)c1cccc(C(F)(F)F)c1. The Balaban J connectivity index is 1.88. The monoisotopic (exact) mass is 301 g/mol. The van der Waals surface area contributed by atoms with Gasteiger partial charge in [0, 0.05) is 13.1 Å². The maximum atomic E-state index is 12.6. The van der Waals surface area contributed by atoms with Crippen molar-refractivity contribution in [2.45, 2.75) is 18.7 Å². The maximum Gasteiger partial charge on any atom is 0.416 e. The Kier molecular flexibility index (Phi) is 5.39. The van der Waals surface area contributed by atoms with E-state index in [0.717, 1.165) is 30.7 Å². The van der Waals surface area contributed by atoms with Crippen molar-refractivity contribution >= 4 is 0 Å². The summed E-state index contributed by atoms with van der Waals surface area (Å²) in [6.45, 7) is 2.04. The lowest BCUT2D eigenvalue weighted by atomic mass is 10.1. The van der Waals surface area contributed by atoms with Crippen molar-refractivity contribution in [2.24, 2.45) is 0 Å². The Morgan fingerprint density at radius 2 is 2.14 bits per heavy atom. The molecule has 0 amide bonds. The van der Waals surface area contributed by atoms with Crippen LogP contribution in [0.1, 0.15) is 23.7 Å². The fourth-order valence-electron chi connectivity index (χ4n) is 2.14. The zero-order chi connectivity index (χ0) is 15.3. The molecule has 0 radical (unpaired) electrons. The number of benzene rings is 1. The second-order valence-corrected chi connectivity index (χ2v) is 4.97. The lowest BCUT2D eigenvalue weighted by Crippen LogP contribution is -2.26. The van der Waals surface area contributed by atoms with Crippen LogP contribution in [0, 0.1) is 0 Å². The van der Waals surface area contributed by atoms with Crippen LogP contribution in [-0.2, 0) is 10.9 Å². The van der Waals surface area contributed by atoms with Gasteiger partial charge in [0.1, 0.15) is 0 Å². The summed E-state index contributed by atoms with van der Waals surface area (Å²) < 4.78 is 43.1. The van der Waals surface area contributed by atoms with Crippen LogP contribution in [-0.4, -0.2) is 31.4 Å². The highest BCUT2D eigenvalue weighted by Gasteiger charge is 2.30. The van der Waals surface area contributed by atoms with Gasteiger partial charge in [-0.3, -0.25) is 0 Å². The van der Waals surface area contributed by atoms with Gasteiger partial charge >= 0.3 is 6.18 Å². The topological polar surface area (TPSA) is 41.5 Å². The maximum absolute atomic E-state index is 12.6. The third-order valence-electron chi connectivity index (χ3n) is 3.27. The quantitative estimate of drug-likeness (QED) is 0.822. The Morgan fingerprint density at radius 1 is 1.33 bits per heavy atom. The summed E-state index contributed by atoms with van der Waals surface area (Å²) in [5, 5.41) is 13.0. The molecule has 1 atom stereocenters. The van der Waals surface area contributed by atoms with E-state index in [1.807, 2.05) is 0 Å². The summed E-state index contributed by atoms with van der Waals surface area (Å²) in [7, 11) is 0. The summed E-state index contributed by atoms with van der Waals surface area (Å²) in [4.78, 5) is 0. The first-order valence-corrected chi connectivity index (χ1v) is 6.78. The van der Waals surface area contributed by atoms with Crippen LogP contribution < -0.4 is 5.32 Å². The zero-order valence-electron chi connectivity index (χ0n) is 11.5. The average molecular weight is 301 g/mol. The highest BCUT2D eigenvalue weighted by atomic mass is 19.4. The number of nitrogens with one attached hydrogen (secondary N) is 1. The first-order valence-electron chi connectivity index (χ1n) is 6.78. The Hall–Kier alpha value is -1.37. The second kappa shape index (κ2) is 7.06. The molecule has 1 heterocycles. The molecule has 0 spiro atoms. The number of rotatable bonds is 5. The van der Waals surface area contributed by atoms with Gasteiger partial charge in [-0.25, -0.2) is 0 Å². The fourth-order valence-corrected chi connectivity index (χ4v) is 2.14. The number of aliphatic hydroxyl groups is 1. The first-order chi connectivity index (χ1) is 9.97. The van der Waals surface area contributed by atoms with Crippen LogP contribution in [0.25, 0.3) is 0 Å². The van der Waals surface area contributed by atoms with Gasteiger partial charge in [0.15, 0.2) is 0 Å². The van der Waals surface area contributed by atoms with Gasteiger partial charge in [-0.05, 0) is 29.7 Å². The van der Waals surface area contributed by atoms with Gasteiger partial charge < -0.3 is 15.2 Å². The molecule has 1 unspecified atom stereocenters. The molecule has 21 heavy (non-hydrogen) atoms. The second-order valence-electron chi connectivity index (χ2n) is 4.97. The van der Waals surface area contributed by atoms with Gasteiger partial charge in [0.25, 0.3) is 0 Å². The molecule has 0 saturated heterocycles. The summed E-state index contributed by atoms with van der Waals surface area (Å²) in [5.41, 5.74) is 0.603. The summed E-state index contributed by atoms with van der Waals surface area (Å²) >= 11 is 0. The third-order valence-corrected chi connectivity index (χ3v) is 3.27. The number of alkyl halides is 3. The lowest BCUT2D eigenvalue weighted by Gasteiger charge is -2.17. The Morgan fingerprint density at radius 3 is 2.81 bits per heavy atom. The van der Waals surface area contributed by atoms with E-state index in [4.69, 9.17) is 4.74 Å². The summed E-state index contributed by atoms with van der Waals surface area (Å²) in [5.74, 6) is 0. The zero-order valence-corrected chi connectivity index (χ0v) is 11.5. The minimum absolute atomic E-state index is 0.193. The van der Waals surface area contributed by atoms with Crippen LogP contribution in [0.4, 0.5) is 13.2 Å². The Bertz CT molecular complexity index is 500. The van der Waals surface area contributed by atoms with Crippen LogP contribution in [0.3, 0.4) is 0 Å². The number of ether oxygens (including phenoxy) is 1. The molecule has 3 nitrogen and oxygen atoms in total. The first kappa shape index (κ1) is 16.0. The molecule has 0 saturated carbocycles. The van der Waals surface area contributed by atoms with Gasteiger partial charge in [0.2, 0.25) is 0 Å². The van der Waals surface area contributed by atoms with E-state index in [9.17, 15) is 18.3 Å². The summed E-state index contributed by atoms with van der Waals surface area (Å²) in [6.07, 6.45) is -2.43. The van der Waals surface area contributed by atoms with Crippen molar-refractivity contribution in [1.29, 1.82) is 0 Å². The average Bonchev–Trinajstić information content (AvgIpc) is 2.47. The van der Waals surface area contributed by atoms with E-state index < -0.39 is 17.8 Å². The van der Waals surface area contributed by atoms with Gasteiger partial charge in [-0.1, -0.05) is 18.2 Å². The minimum atomic E-state index is -4.40. The number of aliphatic hydroxyl groups excluding tert-OH is 1. The smallest absolute Gasteiger partial charge is 0.387 e. The number of hydrogen-bond acceptors (Lipinski definition) is 3. The van der Waals surface area contributed by atoms with Crippen molar-refractivity contribution < 1.29 is 23.0 Å². The molecule has 1 aromatic rings. The van der Waals surface area contributed by atoms with Gasteiger partial charge in [0.05, 0.1) is 24.9 Å². The molecule has 2 rings (SSSR count). The molecule has 1 aromatic carbocycles. The van der Waals surface area contributed by atoms with Crippen molar-refractivity contribution in [2.75, 3.05) is 26.3 Å². The summed E-state index contributed by atoms with van der Waals surface area (Å²) in [6, 6.07) is 4.77. The van der Waals surface area contributed by atoms with Crippen molar-refractivity contribution in [3.63, 3.8) is 0 Å². The van der Waals surface area contributed by atoms with Crippen LogP contribution in [0.2, 0.25) is 0 Å². The van der Waals surface area contributed by atoms with Crippen LogP contribution in [0.15, 0.2) is 35.9 Å². The van der Waals surface area contributed by atoms with Crippen LogP contribution in [0.5, 0.6) is 0 Å². The van der Waals surface area contributed by atoms with E-state index in [-0.39, 0.29) is 12.1 Å². The van der Waals surface area contributed by atoms with E-state index in [1.165, 1.54) is 12.1 Å². The van der Waals surface area contributed by atoms with Gasteiger partial charge in [-0.2, -0.15) is 13.2 Å². The Labute approximate surface area is 121 Å².